The standard InChI is InChI=1S/C23H28BrCl2N3O4S/c1-5-10-27-23(31)16(3)28(13-17-6-9-20(25)21(26)12-17)22(30)14-29(34(4,32)33)18-7-8-19(24)15(2)11-18/h6-9,11-12,16H,5,10,13-14H2,1-4H3,(H,27,31)/t16-/m0/s1. The molecule has 0 unspecified atom stereocenters. The summed E-state index contributed by atoms with van der Waals surface area (Å²) < 4.78 is 27.1. The Balaban J connectivity index is 2.41. The highest BCUT2D eigenvalue weighted by atomic mass is 79.9. The predicted octanol–water partition coefficient (Wildman–Crippen LogP) is 4.77. The minimum atomic E-state index is -3.79. The van der Waals surface area contributed by atoms with E-state index in [9.17, 15) is 18.0 Å². The first-order chi connectivity index (χ1) is 15.8. The third-order valence-electron chi connectivity index (χ3n) is 5.16. The number of carbonyl (C=O) groups excluding carboxylic acids is 2. The van der Waals surface area contributed by atoms with Crippen LogP contribution in [0.15, 0.2) is 40.9 Å². The molecule has 2 rings (SSSR count). The second-order valence-electron chi connectivity index (χ2n) is 7.94. The Morgan fingerprint density at radius 3 is 2.35 bits per heavy atom. The number of nitrogens with one attached hydrogen (secondary N) is 1. The highest BCUT2D eigenvalue weighted by Crippen LogP contribution is 2.26. The molecule has 1 atom stereocenters. The van der Waals surface area contributed by atoms with Crippen molar-refractivity contribution in [3.8, 4) is 0 Å². The summed E-state index contributed by atoms with van der Waals surface area (Å²) in [5.74, 6) is -0.864. The van der Waals surface area contributed by atoms with Crippen molar-refractivity contribution in [2.45, 2.75) is 39.8 Å². The van der Waals surface area contributed by atoms with Crippen LogP contribution in [-0.2, 0) is 26.2 Å². The fraction of sp³-hybridized carbons (Fsp3) is 0.391. The van der Waals surface area contributed by atoms with Crippen LogP contribution in [0.5, 0.6) is 0 Å². The minimum absolute atomic E-state index is 0.0490. The van der Waals surface area contributed by atoms with Crippen molar-refractivity contribution in [1.29, 1.82) is 0 Å². The van der Waals surface area contributed by atoms with E-state index in [0.717, 1.165) is 27.0 Å². The van der Waals surface area contributed by atoms with Gasteiger partial charge in [0, 0.05) is 17.6 Å². The molecule has 0 saturated carbocycles. The molecule has 34 heavy (non-hydrogen) atoms. The summed E-state index contributed by atoms with van der Waals surface area (Å²) in [6.45, 7) is 5.40. The first-order valence-electron chi connectivity index (χ1n) is 10.6. The summed E-state index contributed by atoms with van der Waals surface area (Å²) in [4.78, 5) is 27.5. The van der Waals surface area contributed by atoms with Crippen LogP contribution in [0.1, 0.15) is 31.4 Å². The normalized spacial score (nSPS) is 12.2. The highest BCUT2D eigenvalue weighted by molar-refractivity contribution is 9.10. The predicted molar refractivity (Wildman–Crippen MR) is 141 cm³/mol. The molecule has 0 heterocycles. The molecule has 0 fully saturated rings. The lowest BCUT2D eigenvalue weighted by atomic mass is 10.1. The van der Waals surface area contributed by atoms with Crippen molar-refractivity contribution < 1.29 is 18.0 Å². The number of anilines is 1. The van der Waals surface area contributed by atoms with E-state index in [1.54, 1.807) is 43.3 Å². The van der Waals surface area contributed by atoms with E-state index in [2.05, 4.69) is 21.2 Å². The topological polar surface area (TPSA) is 86.8 Å². The number of sulfonamides is 1. The SMILES string of the molecule is CCCNC(=O)[C@H](C)N(Cc1ccc(Cl)c(Cl)c1)C(=O)CN(c1ccc(Br)c(C)c1)S(C)(=O)=O. The Hall–Kier alpha value is -1.81. The van der Waals surface area contributed by atoms with E-state index in [1.807, 2.05) is 13.8 Å². The van der Waals surface area contributed by atoms with Crippen molar-refractivity contribution in [2.75, 3.05) is 23.7 Å². The summed E-state index contributed by atoms with van der Waals surface area (Å²) in [5, 5.41) is 3.47. The van der Waals surface area contributed by atoms with Crippen LogP contribution in [0.4, 0.5) is 5.69 Å². The molecule has 0 aliphatic rings. The Bertz CT molecular complexity index is 1160. The Kier molecular flexibility index (Phi) is 10.2. The molecule has 0 spiro atoms. The van der Waals surface area contributed by atoms with Gasteiger partial charge in [-0.15, -0.1) is 0 Å². The Morgan fingerprint density at radius 1 is 1.12 bits per heavy atom. The second kappa shape index (κ2) is 12.2. The van der Waals surface area contributed by atoms with Crippen LogP contribution >= 0.6 is 39.1 Å². The molecule has 11 heteroatoms. The molecule has 0 bridgehead atoms. The van der Waals surface area contributed by atoms with Crippen LogP contribution in [-0.4, -0.2) is 50.5 Å². The number of hydrogen-bond donors (Lipinski definition) is 1. The molecule has 2 aromatic rings. The Morgan fingerprint density at radius 2 is 1.79 bits per heavy atom. The van der Waals surface area contributed by atoms with Gasteiger partial charge in [-0.1, -0.05) is 52.1 Å². The fourth-order valence-electron chi connectivity index (χ4n) is 3.21. The maximum absolute atomic E-state index is 13.5. The number of nitrogens with zero attached hydrogens (tertiary/aromatic N) is 2. The van der Waals surface area contributed by atoms with Crippen LogP contribution in [0, 0.1) is 6.92 Å². The van der Waals surface area contributed by atoms with E-state index in [1.165, 1.54) is 4.90 Å². The van der Waals surface area contributed by atoms with Gasteiger partial charge in [0.15, 0.2) is 0 Å². The first kappa shape index (κ1) is 28.4. The van der Waals surface area contributed by atoms with Gasteiger partial charge in [0.05, 0.1) is 22.0 Å². The van der Waals surface area contributed by atoms with Crippen molar-refractivity contribution >= 4 is 66.7 Å². The van der Waals surface area contributed by atoms with Crippen LogP contribution in [0.2, 0.25) is 10.0 Å². The first-order valence-corrected chi connectivity index (χ1v) is 14.0. The number of halogens is 3. The van der Waals surface area contributed by atoms with Gasteiger partial charge in [0.2, 0.25) is 21.8 Å². The molecule has 186 valence electrons. The third-order valence-corrected chi connectivity index (χ3v) is 7.93. The van der Waals surface area contributed by atoms with Crippen LogP contribution in [0.25, 0.3) is 0 Å². The van der Waals surface area contributed by atoms with E-state index >= 15 is 0 Å². The monoisotopic (exact) mass is 591 g/mol. The number of benzene rings is 2. The van der Waals surface area contributed by atoms with Gasteiger partial charge in [-0.05, 0) is 61.7 Å². The van der Waals surface area contributed by atoms with Crippen LogP contribution in [0.3, 0.4) is 0 Å². The van der Waals surface area contributed by atoms with E-state index < -0.39 is 28.5 Å². The lowest BCUT2D eigenvalue weighted by molar-refractivity contribution is -0.139. The molecule has 0 aliphatic heterocycles. The van der Waals surface area contributed by atoms with Crippen LogP contribution < -0.4 is 9.62 Å². The quantitative estimate of drug-likeness (QED) is 0.430. The largest absolute Gasteiger partial charge is 0.354 e. The molecular weight excluding hydrogens is 565 g/mol. The number of hydrogen-bond acceptors (Lipinski definition) is 4. The molecule has 0 saturated heterocycles. The average molecular weight is 593 g/mol. The summed E-state index contributed by atoms with van der Waals surface area (Å²) in [7, 11) is -3.79. The average Bonchev–Trinajstić information content (AvgIpc) is 2.77. The van der Waals surface area contributed by atoms with E-state index in [4.69, 9.17) is 23.2 Å². The van der Waals surface area contributed by atoms with Gasteiger partial charge in [-0.2, -0.15) is 0 Å². The second-order valence-corrected chi connectivity index (χ2v) is 11.5. The lowest BCUT2D eigenvalue weighted by Gasteiger charge is -2.31. The minimum Gasteiger partial charge on any atom is -0.354 e. The van der Waals surface area contributed by atoms with Gasteiger partial charge < -0.3 is 10.2 Å². The van der Waals surface area contributed by atoms with Crippen molar-refractivity contribution in [1.82, 2.24) is 10.2 Å². The summed E-state index contributed by atoms with van der Waals surface area (Å²) in [6, 6.07) is 9.11. The smallest absolute Gasteiger partial charge is 0.244 e. The van der Waals surface area contributed by atoms with Crippen molar-refractivity contribution in [3.63, 3.8) is 0 Å². The van der Waals surface area contributed by atoms with Gasteiger partial charge in [0.25, 0.3) is 0 Å². The van der Waals surface area contributed by atoms with Gasteiger partial charge in [-0.25, -0.2) is 8.42 Å². The van der Waals surface area contributed by atoms with Gasteiger partial charge >= 0.3 is 0 Å². The zero-order chi connectivity index (χ0) is 25.6. The summed E-state index contributed by atoms with van der Waals surface area (Å²) >= 11 is 15.5. The number of aryl methyl sites for hydroxylation is 1. The van der Waals surface area contributed by atoms with Gasteiger partial charge in [0.1, 0.15) is 12.6 Å². The summed E-state index contributed by atoms with van der Waals surface area (Å²) in [6.07, 6.45) is 1.78. The van der Waals surface area contributed by atoms with E-state index in [-0.39, 0.29) is 12.5 Å². The van der Waals surface area contributed by atoms with Gasteiger partial charge in [-0.3, -0.25) is 13.9 Å². The molecule has 2 amide bonds. The molecule has 7 nitrogen and oxygen atoms in total. The molecule has 0 aliphatic carbocycles. The zero-order valence-electron chi connectivity index (χ0n) is 19.4. The number of rotatable bonds is 10. The van der Waals surface area contributed by atoms with E-state index in [0.29, 0.717) is 27.8 Å². The maximum Gasteiger partial charge on any atom is 0.244 e. The fourth-order valence-corrected chi connectivity index (χ4v) is 4.62. The summed E-state index contributed by atoms with van der Waals surface area (Å²) in [5.41, 5.74) is 1.83. The lowest BCUT2D eigenvalue weighted by Crippen LogP contribution is -2.51. The molecule has 0 radical (unpaired) electrons. The van der Waals surface area contributed by atoms with Crippen molar-refractivity contribution in [3.05, 3.63) is 62.0 Å². The zero-order valence-corrected chi connectivity index (χ0v) is 23.4. The molecule has 1 N–H and O–H groups in total. The molecule has 0 aromatic heterocycles. The molecular formula is C23H28BrCl2N3O4S. The Labute approximate surface area is 219 Å². The molecule has 2 aromatic carbocycles. The maximum atomic E-state index is 13.5. The highest BCUT2D eigenvalue weighted by Gasteiger charge is 2.30. The third kappa shape index (κ3) is 7.60. The van der Waals surface area contributed by atoms with Crippen molar-refractivity contribution in [2.24, 2.45) is 0 Å². The number of carbonyl (C=O) groups is 2. The number of amides is 2.